The predicted octanol–water partition coefficient (Wildman–Crippen LogP) is 0.0977. The first-order valence-corrected chi connectivity index (χ1v) is 4.19. The molecule has 0 aromatic rings. The van der Waals surface area contributed by atoms with Crippen LogP contribution in [0.5, 0.6) is 0 Å². The molecule has 1 aliphatic rings. The van der Waals surface area contributed by atoms with Gasteiger partial charge in [0.15, 0.2) is 0 Å². The Balaban J connectivity index is 2.76. The summed E-state index contributed by atoms with van der Waals surface area (Å²) in [5.74, 6) is -1.43. The number of amides is 1. The summed E-state index contributed by atoms with van der Waals surface area (Å²) in [4.78, 5) is 22.4. The summed E-state index contributed by atoms with van der Waals surface area (Å²) in [5, 5.41) is 2.63. The quantitative estimate of drug-likeness (QED) is 0.375. The van der Waals surface area contributed by atoms with Gasteiger partial charge in [0.05, 0.1) is 7.11 Å². The second kappa shape index (κ2) is 4.07. The van der Waals surface area contributed by atoms with Crippen LogP contribution in [0, 0.1) is 11.8 Å². The van der Waals surface area contributed by atoms with Gasteiger partial charge in [-0.3, -0.25) is 9.59 Å². The maximum atomic E-state index is 11.2. The van der Waals surface area contributed by atoms with E-state index in [1.807, 2.05) is 19.1 Å². The van der Waals surface area contributed by atoms with Crippen molar-refractivity contribution in [3.05, 3.63) is 12.2 Å². The number of rotatable bonds is 2. The van der Waals surface area contributed by atoms with Gasteiger partial charge in [0.2, 0.25) is 5.91 Å². The molecule has 1 saturated heterocycles. The zero-order valence-corrected chi connectivity index (χ0v) is 7.74. The molecule has 2 atom stereocenters. The van der Waals surface area contributed by atoms with Crippen LogP contribution in [-0.2, 0) is 14.3 Å². The number of hydrogen-bond acceptors (Lipinski definition) is 3. The molecule has 1 rings (SSSR count). The molecular formula is C9H13NO3. The first-order valence-electron chi connectivity index (χ1n) is 4.19. The van der Waals surface area contributed by atoms with E-state index in [0.29, 0.717) is 6.54 Å². The van der Waals surface area contributed by atoms with Gasteiger partial charge in [-0.25, -0.2) is 0 Å². The van der Waals surface area contributed by atoms with Crippen LogP contribution in [0.2, 0.25) is 0 Å². The molecule has 0 aromatic heterocycles. The first-order chi connectivity index (χ1) is 6.20. The van der Waals surface area contributed by atoms with Gasteiger partial charge in [0.25, 0.3) is 0 Å². The molecule has 13 heavy (non-hydrogen) atoms. The number of carbonyl (C=O) groups excluding carboxylic acids is 2. The van der Waals surface area contributed by atoms with E-state index in [1.54, 1.807) is 0 Å². The second-order valence-corrected chi connectivity index (χ2v) is 2.94. The third kappa shape index (κ3) is 1.88. The Hall–Kier alpha value is -1.32. The van der Waals surface area contributed by atoms with Crippen LogP contribution >= 0.6 is 0 Å². The molecule has 0 bridgehead atoms. The van der Waals surface area contributed by atoms with E-state index in [2.05, 4.69) is 10.1 Å². The van der Waals surface area contributed by atoms with Gasteiger partial charge >= 0.3 is 5.97 Å². The lowest BCUT2D eigenvalue weighted by molar-refractivity contribution is -0.149. The van der Waals surface area contributed by atoms with Crippen LogP contribution in [0.1, 0.15) is 6.92 Å². The molecule has 0 aliphatic carbocycles. The van der Waals surface area contributed by atoms with Gasteiger partial charge in [-0.05, 0) is 6.92 Å². The Labute approximate surface area is 76.9 Å². The van der Waals surface area contributed by atoms with E-state index >= 15 is 0 Å². The van der Waals surface area contributed by atoms with Crippen molar-refractivity contribution < 1.29 is 14.3 Å². The highest BCUT2D eigenvalue weighted by Crippen LogP contribution is 2.20. The van der Waals surface area contributed by atoms with Crippen LogP contribution < -0.4 is 5.32 Å². The van der Waals surface area contributed by atoms with Gasteiger partial charge < -0.3 is 10.1 Å². The van der Waals surface area contributed by atoms with Gasteiger partial charge in [0, 0.05) is 12.5 Å². The third-order valence-electron chi connectivity index (χ3n) is 2.12. The molecule has 1 amide bonds. The Morgan fingerprint density at radius 1 is 1.69 bits per heavy atom. The minimum absolute atomic E-state index is 0.0649. The van der Waals surface area contributed by atoms with Crippen molar-refractivity contribution in [2.75, 3.05) is 13.7 Å². The summed E-state index contributed by atoms with van der Waals surface area (Å²) in [6.07, 6.45) is 3.68. The van der Waals surface area contributed by atoms with Crippen molar-refractivity contribution >= 4 is 11.9 Å². The highest BCUT2D eigenvalue weighted by atomic mass is 16.5. The lowest BCUT2D eigenvalue weighted by atomic mass is 9.95. The summed E-state index contributed by atoms with van der Waals surface area (Å²) < 4.78 is 4.55. The van der Waals surface area contributed by atoms with Crippen molar-refractivity contribution in [1.82, 2.24) is 5.32 Å². The molecule has 0 radical (unpaired) electrons. The van der Waals surface area contributed by atoms with Crippen LogP contribution in [0.15, 0.2) is 12.2 Å². The van der Waals surface area contributed by atoms with Crippen LogP contribution in [0.25, 0.3) is 0 Å². The summed E-state index contributed by atoms with van der Waals surface area (Å²) in [5.41, 5.74) is 0. The van der Waals surface area contributed by atoms with Gasteiger partial charge in [-0.1, -0.05) is 12.2 Å². The Kier molecular flexibility index (Phi) is 3.06. The van der Waals surface area contributed by atoms with Gasteiger partial charge in [0.1, 0.15) is 5.92 Å². The van der Waals surface area contributed by atoms with Crippen molar-refractivity contribution in [3.63, 3.8) is 0 Å². The molecule has 1 unspecified atom stereocenters. The molecule has 1 fully saturated rings. The largest absolute Gasteiger partial charge is 0.468 e. The minimum Gasteiger partial charge on any atom is -0.468 e. The predicted molar refractivity (Wildman–Crippen MR) is 46.8 cm³/mol. The number of methoxy groups -OCH3 is 1. The number of nitrogens with one attached hydrogen (secondary N) is 1. The molecule has 1 aliphatic heterocycles. The fourth-order valence-electron chi connectivity index (χ4n) is 1.48. The van der Waals surface area contributed by atoms with Crippen LogP contribution in [0.3, 0.4) is 0 Å². The zero-order chi connectivity index (χ0) is 9.84. The van der Waals surface area contributed by atoms with Crippen molar-refractivity contribution in [1.29, 1.82) is 0 Å². The van der Waals surface area contributed by atoms with E-state index in [-0.39, 0.29) is 11.8 Å². The molecule has 72 valence electrons. The van der Waals surface area contributed by atoms with E-state index in [0.717, 1.165) is 0 Å². The number of carbonyl (C=O) groups is 2. The molecule has 4 nitrogen and oxygen atoms in total. The maximum absolute atomic E-state index is 11.2. The van der Waals surface area contributed by atoms with Crippen LogP contribution in [-0.4, -0.2) is 25.5 Å². The smallest absolute Gasteiger partial charge is 0.318 e. The summed E-state index contributed by atoms with van der Waals surface area (Å²) in [6.45, 7) is 2.38. The summed E-state index contributed by atoms with van der Waals surface area (Å²) >= 11 is 0. The van der Waals surface area contributed by atoms with E-state index in [1.165, 1.54) is 7.11 Å². The normalized spacial score (nSPS) is 27.7. The standard InChI is InChI=1S/C9H13NO3/c1-3-4-6-5-10-8(11)7(6)9(12)13-2/h3-4,6-7H,5H2,1-2H3,(H,10,11)/b4-3+/t6-,7?/m0/s1. The Morgan fingerprint density at radius 2 is 2.38 bits per heavy atom. The number of esters is 1. The monoisotopic (exact) mass is 183 g/mol. The third-order valence-corrected chi connectivity index (χ3v) is 2.12. The minimum atomic E-state index is -0.666. The van der Waals surface area contributed by atoms with Crippen molar-refractivity contribution in [2.24, 2.45) is 11.8 Å². The molecule has 0 aromatic carbocycles. The summed E-state index contributed by atoms with van der Waals surface area (Å²) in [6, 6.07) is 0. The lowest BCUT2D eigenvalue weighted by Crippen LogP contribution is -2.28. The molecule has 1 heterocycles. The average molecular weight is 183 g/mol. The second-order valence-electron chi connectivity index (χ2n) is 2.94. The lowest BCUT2D eigenvalue weighted by Gasteiger charge is -2.09. The highest BCUT2D eigenvalue weighted by Gasteiger charge is 2.39. The maximum Gasteiger partial charge on any atom is 0.318 e. The van der Waals surface area contributed by atoms with E-state index < -0.39 is 11.9 Å². The van der Waals surface area contributed by atoms with E-state index in [4.69, 9.17) is 0 Å². The number of allylic oxidation sites excluding steroid dienone is 1. The fourth-order valence-corrected chi connectivity index (χ4v) is 1.48. The molecule has 4 heteroatoms. The molecule has 0 spiro atoms. The number of hydrogen-bond donors (Lipinski definition) is 1. The SMILES string of the molecule is C/C=C/[C@H]1CNC(=O)C1C(=O)OC. The molecule has 0 saturated carbocycles. The van der Waals surface area contributed by atoms with Crippen molar-refractivity contribution in [3.8, 4) is 0 Å². The average Bonchev–Trinajstić information content (AvgIpc) is 2.47. The highest BCUT2D eigenvalue weighted by molar-refractivity contribution is 5.99. The number of ether oxygens (including phenoxy) is 1. The Morgan fingerprint density at radius 3 is 2.92 bits per heavy atom. The van der Waals surface area contributed by atoms with Crippen molar-refractivity contribution in [2.45, 2.75) is 6.92 Å². The summed E-state index contributed by atoms with van der Waals surface area (Å²) in [7, 11) is 1.29. The van der Waals surface area contributed by atoms with Crippen LogP contribution in [0.4, 0.5) is 0 Å². The molecule has 1 N–H and O–H groups in total. The molecular weight excluding hydrogens is 170 g/mol. The van der Waals surface area contributed by atoms with E-state index in [9.17, 15) is 9.59 Å². The topological polar surface area (TPSA) is 55.4 Å². The van der Waals surface area contributed by atoms with Gasteiger partial charge in [-0.2, -0.15) is 0 Å². The first kappa shape index (κ1) is 9.77. The zero-order valence-electron chi connectivity index (χ0n) is 7.74. The van der Waals surface area contributed by atoms with Gasteiger partial charge in [-0.15, -0.1) is 0 Å². The Bertz CT molecular complexity index is 247. The fraction of sp³-hybridized carbons (Fsp3) is 0.556.